The third-order valence-corrected chi connectivity index (χ3v) is 5.10. The second-order valence-electron chi connectivity index (χ2n) is 7.22. The average molecular weight is 528 g/mol. The van der Waals surface area contributed by atoms with Crippen LogP contribution in [0.25, 0.3) is 0 Å². The first kappa shape index (κ1) is 24.3. The van der Waals surface area contributed by atoms with Crippen LogP contribution in [0.5, 0.6) is 11.5 Å². The van der Waals surface area contributed by atoms with Crippen molar-refractivity contribution in [1.82, 2.24) is 15.2 Å². The Labute approximate surface area is 194 Å². The Bertz CT molecular complexity index is 801. The number of benzene rings is 1. The van der Waals surface area contributed by atoms with Crippen LogP contribution in [0.4, 0.5) is 4.39 Å². The number of hydrogen-bond donors (Lipinski definition) is 1. The van der Waals surface area contributed by atoms with Crippen molar-refractivity contribution in [2.24, 2.45) is 10.9 Å². The molecule has 164 valence electrons. The maximum absolute atomic E-state index is 14.4. The van der Waals surface area contributed by atoms with Gasteiger partial charge >= 0.3 is 0 Å². The first-order valence-electron chi connectivity index (χ1n) is 10.0. The third-order valence-electron chi connectivity index (χ3n) is 5.10. The number of guanidine groups is 1. The van der Waals surface area contributed by atoms with Crippen LogP contribution >= 0.6 is 24.0 Å². The first-order valence-corrected chi connectivity index (χ1v) is 10.0. The van der Waals surface area contributed by atoms with Gasteiger partial charge in [-0.25, -0.2) is 4.39 Å². The summed E-state index contributed by atoms with van der Waals surface area (Å²) in [6.07, 6.45) is 6.58. The Morgan fingerprint density at radius 1 is 1.33 bits per heavy atom. The maximum atomic E-state index is 14.4. The van der Waals surface area contributed by atoms with E-state index in [4.69, 9.17) is 9.47 Å². The molecule has 1 fully saturated rings. The summed E-state index contributed by atoms with van der Waals surface area (Å²) in [5.41, 5.74) is 0.819. The van der Waals surface area contributed by atoms with Crippen LogP contribution < -0.4 is 10.1 Å². The third kappa shape index (κ3) is 7.39. The second kappa shape index (κ2) is 12.7. The Morgan fingerprint density at radius 3 is 2.80 bits per heavy atom. The second-order valence-corrected chi connectivity index (χ2v) is 7.22. The van der Waals surface area contributed by atoms with Crippen molar-refractivity contribution >= 4 is 29.9 Å². The van der Waals surface area contributed by atoms with E-state index in [1.54, 1.807) is 37.6 Å². The van der Waals surface area contributed by atoms with Gasteiger partial charge in [-0.2, -0.15) is 0 Å². The monoisotopic (exact) mass is 528 g/mol. The van der Waals surface area contributed by atoms with Gasteiger partial charge in [0.05, 0.1) is 6.20 Å². The zero-order valence-corrected chi connectivity index (χ0v) is 19.8. The number of halogens is 2. The van der Waals surface area contributed by atoms with E-state index in [1.807, 2.05) is 13.1 Å². The molecule has 0 unspecified atom stereocenters. The van der Waals surface area contributed by atoms with Gasteiger partial charge in [0.25, 0.3) is 0 Å². The van der Waals surface area contributed by atoms with Crippen molar-refractivity contribution < 1.29 is 13.9 Å². The maximum Gasteiger partial charge on any atom is 0.193 e. The van der Waals surface area contributed by atoms with E-state index in [-0.39, 0.29) is 29.7 Å². The van der Waals surface area contributed by atoms with Gasteiger partial charge in [0, 0.05) is 46.6 Å². The molecule has 0 amide bonds. The summed E-state index contributed by atoms with van der Waals surface area (Å²) in [6.45, 7) is 3.15. The van der Waals surface area contributed by atoms with E-state index in [0.717, 1.165) is 50.5 Å². The van der Waals surface area contributed by atoms with Gasteiger partial charge < -0.3 is 19.7 Å². The number of nitrogens with zero attached hydrogens (tertiary/aromatic N) is 3. The van der Waals surface area contributed by atoms with Crippen LogP contribution in [0.2, 0.25) is 0 Å². The average Bonchev–Trinajstić information content (AvgIpc) is 2.76. The minimum atomic E-state index is -0.406. The minimum absolute atomic E-state index is 0. The van der Waals surface area contributed by atoms with Crippen LogP contribution in [0.3, 0.4) is 0 Å². The standard InChI is InChI=1S/C22H29FN4O2.HI/c1-24-22(27(2)11-7-17-8-12-28-13-9-17)26-15-18-5-6-21(20(23)14-18)29-19-4-3-10-25-16-19;/h3-6,10,14,16-17H,7-9,11-13,15H2,1-2H3,(H,24,26);1H. The van der Waals surface area contributed by atoms with Crippen molar-refractivity contribution in [1.29, 1.82) is 0 Å². The number of pyridine rings is 1. The summed E-state index contributed by atoms with van der Waals surface area (Å²) in [5, 5.41) is 3.30. The van der Waals surface area contributed by atoms with Crippen molar-refractivity contribution in [3.63, 3.8) is 0 Å². The fourth-order valence-corrected chi connectivity index (χ4v) is 3.35. The van der Waals surface area contributed by atoms with Crippen LogP contribution in [-0.4, -0.2) is 49.7 Å². The summed E-state index contributed by atoms with van der Waals surface area (Å²) in [5.74, 6) is 1.79. The topological polar surface area (TPSA) is 59.0 Å². The molecule has 1 aromatic carbocycles. The fourth-order valence-electron chi connectivity index (χ4n) is 3.35. The molecule has 1 N–H and O–H groups in total. The smallest absolute Gasteiger partial charge is 0.193 e. The summed E-state index contributed by atoms with van der Waals surface area (Å²) >= 11 is 0. The summed E-state index contributed by atoms with van der Waals surface area (Å²) in [4.78, 5) is 10.4. The normalized spacial score (nSPS) is 14.7. The molecule has 0 atom stereocenters. The Hall–Kier alpha value is -1.94. The van der Waals surface area contributed by atoms with Gasteiger partial charge in [-0.05, 0) is 55.0 Å². The molecule has 0 radical (unpaired) electrons. The van der Waals surface area contributed by atoms with E-state index in [2.05, 4.69) is 20.2 Å². The van der Waals surface area contributed by atoms with Crippen molar-refractivity contribution in [2.45, 2.75) is 25.8 Å². The lowest BCUT2D eigenvalue weighted by Crippen LogP contribution is -2.39. The number of aliphatic imine (C=N–C) groups is 1. The number of ether oxygens (including phenoxy) is 2. The molecular weight excluding hydrogens is 498 g/mol. The molecule has 2 aromatic rings. The molecule has 8 heteroatoms. The van der Waals surface area contributed by atoms with Gasteiger partial charge in [0.2, 0.25) is 0 Å². The molecule has 1 saturated heterocycles. The van der Waals surface area contributed by atoms with Crippen LogP contribution in [0.1, 0.15) is 24.8 Å². The van der Waals surface area contributed by atoms with E-state index < -0.39 is 5.82 Å². The molecule has 1 aliphatic rings. The molecule has 1 aliphatic heterocycles. The fraction of sp³-hybridized carbons (Fsp3) is 0.455. The molecule has 3 rings (SSSR count). The van der Waals surface area contributed by atoms with E-state index in [0.29, 0.717) is 18.2 Å². The molecule has 2 heterocycles. The number of rotatable bonds is 7. The Balaban J connectivity index is 0.00000320. The first-order chi connectivity index (χ1) is 14.2. The van der Waals surface area contributed by atoms with Gasteiger partial charge in [-0.3, -0.25) is 9.98 Å². The van der Waals surface area contributed by atoms with E-state index in [1.165, 1.54) is 6.07 Å². The predicted octanol–water partition coefficient (Wildman–Crippen LogP) is 4.45. The highest BCUT2D eigenvalue weighted by Gasteiger charge is 2.15. The zero-order valence-electron chi connectivity index (χ0n) is 17.5. The molecule has 0 saturated carbocycles. The highest BCUT2D eigenvalue weighted by Crippen LogP contribution is 2.24. The lowest BCUT2D eigenvalue weighted by molar-refractivity contribution is 0.0625. The number of nitrogens with one attached hydrogen (secondary N) is 1. The minimum Gasteiger partial charge on any atom is -0.453 e. The highest BCUT2D eigenvalue weighted by molar-refractivity contribution is 14.0. The molecule has 0 aliphatic carbocycles. The molecule has 30 heavy (non-hydrogen) atoms. The summed E-state index contributed by atoms with van der Waals surface area (Å²) in [7, 11) is 3.79. The molecule has 0 bridgehead atoms. The van der Waals surface area contributed by atoms with Crippen LogP contribution in [-0.2, 0) is 11.3 Å². The number of hydrogen-bond acceptors (Lipinski definition) is 4. The van der Waals surface area contributed by atoms with Gasteiger partial charge in [0.15, 0.2) is 17.5 Å². The lowest BCUT2D eigenvalue weighted by Gasteiger charge is -2.26. The van der Waals surface area contributed by atoms with Gasteiger partial charge in [-0.1, -0.05) is 6.07 Å². The predicted molar refractivity (Wildman–Crippen MR) is 127 cm³/mol. The Kier molecular flexibility index (Phi) is 10.3. The van der Waals surface area contributed by atoms with Crippen molar-refractivity contribution in [2.75, 3.05) is 33.9 Å². The lowest BCUT2D eigenvalue weighted by atomic mass is 9.96. The van der Waals surface area contributed by atoms with Crippen molar-refractivity contribution in [3.8, 4) is 11.5 Å². The SMILES string of the molecule is CN=C(NCc1ccc(Oc2cccnc2)c(F)c1)N(C)CCC1CCOCC1.I. The van der Waals surface area contributed by atoms with Crippen LogP contribution in [0, 0.1) is 11.7 Å². The quantitative estimate of drug-likeness (QED) is 0.327. The number of aromatic nitrogens is 1. The molecular formula is C22H30FIN4O2. The largest absolute Gasteiger partial charge is 0.453 e. The zero-order chi connectivity index (χ0) is 20.5. The van der Waals surface area contributed by atoms with Gasteiger partial charge in [0.1, 0.15) is 5.75 Å². The summed E-state index contributed by atoms with van der Waals surface area (Å²) < 4.78 is 25.4. The highest BCUT2D eigenvalue weighted by atomic mass is 127. The van der Waals surface area contributed by atoms with E-state index >= 15 is 0 Å². The van der Waals surface area contributed by atoms with Crippen LogP contribution in [0.15, 0.2) is 47.7 Å². The Morgan fingerprint density at radius 2 is 2.13 bits per heavy atom. The van der Waals surface area contributed by atoms with Gasteiger partial charge in [-0.15, -0.1) is 24.0 Å². The van der Waals surface area contributed by atoms with Crippen molar-refractivity contribution in [3.05, 3.63) is 54.1 Å². The molecule has 1 aromatic heterocycles. The van der Waals surface area contributed by atoms with E-state index in [9.17, 15) is 4.39 Å². The summed E-state index contributed by atoms with van der Waals surface area (Å²) in [6, 6.07) is 8.44. The molecule has 6 nitrogen and oxygen atoms in total. The molecule has 0 spiro atoms.